The van der Waals surface area contributed by atoms with Gasteiger partial charge in [0.25, 0.3) is 0 Å². The predicted molar refractivity (Wildman–Crippen MR) is 132 cm³/mol. The van der Waals surface area contributed by atoms with E-state index in [-0.39, 0.29) is 35.6 Å². The second-order valence-electron chi connectivity index (χ2n) is 10.5. The fourth-order valence-electron chi connectivity index (χ4n) is 4.23. The molecule has 2 aromatic heterocycles. The van der Waals surface area contributed by atoms with E-state index in [1.165, 1.54) is 33.6 Å². The zero-order valence-corrected chi connectivity index (χ0v) is 22.4. The first kappa shape index (κ1) is 27.6. The number of rotatable bonds is 3. The lowest BCUT2D eigenvalue weighted by Gasteiger charge is -2.19. The average molecular weight is 494 g/mol. The first-order valence-corrected chi connectivity index (χ1v) is 11.4. The SMILES string of the molecule is CC(C)(C)c1ccccc1-[n+]1ccc(-c2cc[n+](-c3ccccc3C(C)(C)C)cc2)cc1.[Cl-].[Cl-]. The minimum absolute atomic E-state index is 0. The van der Waals surface area contributed by atoms with Gasteiger partial charge in [-0.2, -0.15) is 9.13 Å². The molecule has 0 amide bonds. The third-order valence-corrected chi connectivity index (χ3v) is 5.97. The van der Waals surface area contributed by atoms with Gasteiger partial charge >= 0.3 is 0 Å². The molecule has 0 unspecified atom stereocenters. The Kier molecular flexibility index (Phi) is 8.69. The second kappa shape index (κ2) is 10.7. The van der Waals surface area contributed by atoms with Crippen molar-refractivity contribution in [3.63, 3.8) is 0 Å². The van der Waals surface area contributed by atoms with Gasteiger partial charge < -0.3 is 24.8 Å². The van der Waals surface area contributed by atoms with Crippen LogP contribution in [0.1, 0.15) is 52.7 Å². The smallest absolute Gasteiger partial charge is 0.214 e. The fourth-order valence-corrected chi connectivity index (χ4v) is 4.23. The molecule has 2 nitrogen and oxygen atoms in total. The lowest BCUT2D eigenvalue weighted by Crippen LogP contribution is -3.00. The Bertz CT molecular complexity index is 1120. The lowest BCUT2D eigenvalue weighted by molar-refractivity contribution is -0.596. The summed E-state index contributed by atoms with van der Waals surface area (Å²) in [6.07, 6.45) is 8.65. The molecule has 0 saturated heterocycles. The van der Waals surface area contributed by atoms with Crippen LogP contribution < -0.4 is 33.9 Å². The maximum atomic E-state index is 2.26. The highest BCUT2D eigenvalue weighted by atomic mass is 35.5. The second-order valence-corrected chi connectivity index (χ2v) is 10.5. The van der Waals surface area contributed by atoms with Crippen LogP contribution in [0.2, 0.25) is 0 Å². The molecular weight excluding hydrogens is 459 g/mol. The summed E-state index contributed by atoms with van der Waals surface area (Å²) < 4.78 is 4.43. The van der Waals surface area contributed by atoms with Crippen LogP contribution in [0.15, 0.2) is 97.6 Å². The molecule has 2 heterocycles. The average Bonchev–Trinajstić information content (AvgIpc) is 2.78. The van der Waals surface area contributed by atoms with Gasteiger partial charge in [-0.25, -0.2) is 0 Å². The van der Waals surface area contributed by atoms with E-state index in [1.54, 1.807) is 0 Å². The molecule has 0 N–H and O–H groups in total. The topological polar surface area (TPSA) is 7.76 Å². The van der Waals surface area contributed by atoms with Crippen molar-refractivity contribution in [1.29, 1.82) is 0 Å². The molecule has 4 aromatic rings. The Morgan fingerprint density at radius 2 is 0.735 bits per heavy atom. The van der Waals surface area contributed by atoms with Gasteiger partial charge in [0.05, 0.1) is 0 Å². The number of halogens is 2. The largest absolute Gasteiger partial charge is 1.00 e. The van der Waals surface area contributed by atoms with Crippen molar-refractivity contribution < 1.29 is 33.9 Å². The van der Waals surface area contributed by atoms with E-state index in [0.29, 0.717) is 0 Å². The van der Waals surface area contributed by atoms with Crippen LogP contribution in [-0.4, -0.2) is 0 Å². The van der Waals surface area contributed by atoms with Crippen LogP contribution in [0.4, 0.5) is 0 Å². The Morgan fingerprint density at radius 3 is 1.03 bits per heavy atom. The van der Waals surface area contributed by atoms with Crippen LogP contribution in [0.3, 0.4) is 0 Å². The van der Waals surface area contributed by atoms with Gasteiger partial charge in [-0.3, -0.25) is 0 Å². The summed E-state index contributed by atoms with van der Waals surface area (Å²) in [6, 6.07) is 26.1. The third kappa shape index (κ3) is 5.87. The van der Waals surface area contributed by atoms with E-state index in [1.807, 2.05) is 0 Å². The summed E-state index contributed by atoms with van der Waals surface area (Å²) in [5, 5.41) is 0. The van der Waals surface area contributed by atoms with Crippen molar-refractivity contribution in [3.8, 4) is 22.5 Å². The van der Waals surface area contributed by atoms with Crippen molar-refractivity contribution in [2.45, 2.75) is 52.4 Å². The maximum Gasteiger partial charge on any atom is 0.214 e. The molecule has 0 bridgehead atoms. The van der Waals surface area contributed by atoms with Gasteiger partial charge in [0.1, 0.15) is 0 Å². The number of pyridine rings is 2. The standard InChI is InChI=1S/C30H34N2.2ClH/c1-29(2,3)25-11-7-9-13-27(25)31-19-15-23(16-20-31)24-17-21-32(22-18-24)28-14-10-8-12-26(28)30(4,5)6;;/h7-22H,1-6H3;2*1H/q+2;;/p-2. The molecule has 0 spiro atoms. The van der Waals surface area contributed by atoms with E-state index in [9.17, 15) is 0 Å². The van der Waals surface area contributed by atoms with Gasteiger partial charge in [-0.05, 0) is 22.0 Å². The first-order chi connectivity index (χ1) is 15.1. The molecule has 2 aromatic carbocycles. The number of hydrogen-bond donors (Lipinski definition) is 0. The van der Waals surface area contributed by atoms with Crippen molar-refractivity contribution >= 4 is 0 Å². The van der Waals surface area contributed by atoms with E-state index in [4.69, 9.17) is 0 Å². The number of hydrogen-bond acceptors (Lipinski definition) is 0. The molecule has 0 saturated carbocycles. The molecule has 34 heavy (non-hydrogen) atoms. The Hall–Kier alpha value is -2.68. The minimum atomic E-state index is 0. The van der Waals surface area contributed by atoms with Crippen LogP contribution in [-0.2, 0) is 10.8 Å². The van der Waals surface area contributed by atoms with Crippen LogP contribution in [0.25, 0.3) is 22.5 Å². The zero-order chi connectivity index (χ0) is 22.9. The highest BCUT2D eigenvalue weighted by Gasteiger charge is 2.24. The van der Waals surface area contributed by atoms with E-state index in [0.717, 1.165) is 0 Å². The normalized spacial score (nSPS) is 11.4. The van der Waals surface area contributed by atoms with Crippen molar-refractivity contribution in [2.75, 3.05) is 0 Å². The number of aromatic nitrogens is 2. The Labute approximate surface area is 217 Å². The lowest BCUT2D eigenvalue weighted by atomic mass is 9.85. The molecule has 0 fully saturated rings. The van der Waals surface area contributed by atoms with Gasteiger partial charge in [-0.15, -0.1) is 0 Å². The molecular formula is C30H34Cl2N2. The number of benzene rings is 2. The highest BCUT2D eigenvalue weighted by Crippen LogP contribution is 2.27. The molecule has 0 atom stereocenters. The van der Waals surface area contributed by atoms with Crippen molar-refractivity contribution in [2.24, 2.45) is 0 Å². The quantitative estimate of drug-likeness (QED) is 0.368. The minimum Gasteiger partial charge on any atom is -1.00 e. The first-order valence-electron chi connectivity index (χ1n) is 11.4. The zero-order valence-electron chi connectivity index (χ0n) is 20.9. The van der Waals surface area contributed by atoms with Crippen LogP contribution in [0, 0.1) is 0 Å². The number of para-hydroxylation sites is 2. The van der Waals surface area contributed by atoms with E-state index < -0.39 is 0 Å². The molecule has 0 radical (unpaired) electrons. The summed E-state index contributed by atoms with van der Waals surface area (Å²) in [4.78, 5) is 0. The molecule has 178 valence electrons. The highest BCUT2D eigenvalue weighted by molar-refractivity contribution is 5.61. The summed E-state index contributed by atoms with van der Waals surface area (Å²) >= 11 is 0. The molecule has 0 aliphatic rings. The van der Waals surface area contributed by atoms with Crippen molar-refractivity contribution in [3.05, 3.63) is 109 Å². The van der Waals surface area contributed by atoms with Crippen LogP contribution >= 0.6 is 0 Å². The summed E-state index contributed by atoms with van der Waals surface area (Å²) in [5.41, 5.74) is 7.77. The molecule has 0 aliphatic heterocycles. The Morgan fingerprint density at radius 1 is 0.441 bits per heavy atom. The maximum absolute atomic E-state index is 2.26. The van der Waals surface area contributed by atoms with E-state index >= 15 is 0 Å². The van der Waals surface area contributed by atoms with E-state index in [2.05, 4.69) is 148 Å². The third-order valence-electron chi connectivity index (χ3n) is 5.97. The number of nitrogens with zero attached hydrogens (tertiary/aromatic N) is 2. The van der Waals surface area contributed by atoms with Gasteiger partial charge in [0.15, 0.2) is 24.8 Å². The summed E-state index contributed by atoms with van der Waals surface area (Å²) in [7, 11) is 0. The van der Waals surface area contributed by atoms with Crippen LogP contribution in [0.5, 0.6) is 0 Å². The fraction of sp³-hybridized carbons (Fsp3) is 0.267. The Balaban J connectivity index is 0.00000204. The van der Waals surface area contributed by atoms with Gasteiger partial charge in [0.2, 0.25) is 11.4 Å². The summed E-state index contributed by atoms with van der Waals surface area (Å²) in [6.45, 7) is 13.6. The monoisotopic (exact) mass is 492 g/mol. The van der Waals surface area contributed by atoms with Gasteiger partial charge in [-0.1, -0.05) is 77.9 Å². The summed E-state index contributed by atoms with van der Waals surface area (Å²) in [5.74, 6) is 0. The van der Waals surface area contributed by atoms with Crippen molar-refractivity contribution in [1.82, 2.24) is 0 Å². The molecule has 4 rings (SSSR count). The molecule has 4 heteroatoms. The van der Waals surface area contributed by atoms with Gasteiger partial charge in [0, 0.05) is 47.5 Å². The molecule has 0 aliphatic carbocycles. The predicted octanol–water partition coefficient (Wildman–Crippen LogP) is 0.510.